The van der Waals surface area contributed by atoms with Gasteiger partial charge in [0.05, 0.1) is 5.02 Å². The second-order valence-electron chi connectivity index (χ2n) is 5.51. The van der Waals surface area contributed by atoms with Gasteiger partial charge in [-0.3, -0.25) is 4.79 Å². The Labute approximate surface area is 129 Å². The smallest absolute Gasteiger partial charge is 0.287 e. The summed E-state index contributed by atoms with van der Waals surface area (Å²) in [5.74, 6) is 0.239. The molecule has 1 aromatic carbocycles. The summed E-state index contributed by atoms with van der Waals surface area (Å²) in [5.41, 5.74) is 1.31. The van der Waals surface area contributed by atoms with Gasteiger partial charge in [-0.25, -0.2) is 0 Å². The molecule has 1 aromatic heterocycles. The van der Waals surface area contributed by atoms with Gasteiger partial charge in [-0.2, -0.15) is 0 Å². The van der Waals surface area contributed by atoms with Crippen LogP contribution in [0.25, 0.3) is 11.0 Å². The number of furan rings is 1. The van der Waals surface area contributed by atoms with Crippen LogP contribution in [-0.4, -0.2) is 23.7 Å². The van der Waals surface area contributed by atoms with E-state index in [2.05, 4.69) is 5.32 Å². The fourth-order valence-electron chi connectivity index (χ4n) is 2.37. The molecule has 2 N–H and O–H groups in total. The number of para-hydroxylation sites is 1. The summed E-state index contributed by atoms with van der Waals surface area (Å²) < 4.78 is 5.64. The van der Waals surface area contributed by atoms with Crippen molar-refractivity contribution < 1.29 is 14.3 Å². The molecule has 2 aromatic rings. The Morgan fingerprint density at radius 3 is 2.71 bits per heavy atom. The van der Waals surface area contributed by atoms with E-state index in [1.807, 2.05) is 32.9 Å². The van der Waals surface area contributed by atoms with Crippen LogP contribution >= 0.6 is 11.6 Å². The highest BCUT2D eigenvalue weighted by Crippen LogP contribution is 2.30. The summed E-state index contributed by atoms with van der Waals surface area (Å²) in [7, 11) is 0. The van der Waals surface area contributed by atoms with Gasteiger partial charge in [-0.15, -0.1) is 0 Å². The lowest BCUT2D eigenvalue weighted by Crippen LogP contribution is -2.39. The maximum atomic E-state index is 12.4. The standard InChI is InChI=1S/C16H20ClNO3/c1-9(2)13(7-8-19)18-16(20)14-10(3)11-5-4-6-12(17)15(11)21-14/h4-6,9,13,19H,7-8H2,1-3H3,(H,18,20). The predicted octanol–water partition coefficient (Wildman–Crippen LogP) is 3.53. The van der Waals surface area contributed by atoms with Crippen LogP contribution in [0.2, 0.25) is 5.02 Å². The van der Waals surface area contributed by atoms with E-state index in [0.717, 1.165) is 10.9 Å². The number of benzene rings is 1. The van der Waals surface area contributed by atoms with Crippen LogP contribution in [-0.2, 0) is 0 Å². The van der Waals surface area contributed by atoms with E-state index in [9.17, 15) is 4.79 Å². The monoisotopic (exact) mass is 309 g/mol. The van der Waals surface area contributed by atoms with Crippen LogP contribution in [0.15, 0.2) is 22.6 Å². The van der Waals surface area contributed by atoms with Gasteiger partial charge in [-0.05, 0) is 25.3 Å². The average Bonchev–Trinajstić information content (AvgIpc) is 2.77. The molecule has 1 heterocycles. The minimum absolute atomic E-state index is 0.0358. The molecule has 5 heteroatoms. The third-order valence-electron chi connectivity index (χ3n) is 3.68. The molecule has 1 amide bonds. The lowest BCUT2D eigenvalue weighted by molar-refractivity contribution is 0.0889. The van der Waals surface area contributed by atoms with E-state index in [1.165, 1.54) is 0 Å². The van der Waals surface area contributed by atoms with E-state index in [1.54, 1.807) is 6.07 Å². The Balaban J connectivity index is 2.31. The Hall–Kier alpha value is -1.52. The van der Waals surface area contributed by atoms with E-state index in [0.29, 0.717) is 17.0 Å². The van der Waals surface area contributed by atoms with Crippen molar-refractivity contribution >= 4 is 28.5 Å². The number of hydrogen-bond donors (Lipinski definition) is 2. The number of carbonyl (C=O) groups excluding carboxylic acids is 1. The molecule has 0 aliphatic rings. The van der Waals surface area contributed by atoms with Crippen LogP contribution in [0.1, 0.15) is 36.4 Å². The molecule has 0 aliphatic heterocycles. The first-order chi connectivity index (χ1) is 9.95. The maximum absolute atomic E-state index is 12.4. The largest absolute Gasteiger partial charge is 0.449 e. The Bertz CT molecular complexity index is 648. The highest BCUT2D eigenvalue weighted by molar-refractivity contribution is 6.35. The number of nitrogens with one attached hydrogen (secondary N) is 1. The van der Waals surface area contributed by atoms with Crippen molar-refractivity contribution in [2.45, 2.75) is 33.2 Å². The molecular formula is C16H20ClNO3. The highest BCUT2D eigenvalue weighted by atomic mass is 35.5. The van der Waals surface area contributed by atoms with Crippen LogP contribution < -0.4 is 5.32 Å². The first-order valence-electron chi connectivity index (χ1n) is 7.05. The summed E-state index contributed by atoms with van der Waals surface area (Å²) in [5, 5.41) is 13.3. The zero-order chi connectivity index (χ0) is 15.6. The number of aryl methyl sites for hydroxylation is 1. The molecule has 21 heavy (non-hydrogen) atoms. The van der Waals surface area contributed by atoms with Gasteiger partial charge < -0.3 is 14.8 Å². The van der Waals surface area contributed by atoms with Crippen molar-refractivity contribution in [2.75, 3.05) is 6.61 Å². The molecule has 0 bridgehead atoms. The predicted molar refractivity (Wildman–Crippen MR) is 83.8 cm³/mol. The van der Waals surface area contributed by atoms with Crippen molar-refractivity contribution in [1.82, 2.24) is 5.32 Å². The lowest BCUT2D eigenvalue weighted by atomic mass is 10.0. The van der Waals surface area contributed by atoms with Crippen LogP contribution in [0.5, 0.6) is 0 Å². The van der Waals surface area contributed by atoms with Crippen molar-refractivity contribution in [2.24, 2.45) is 5.92 Å². The van der Waals surface area contributed by atoms with Crippen molar-refractivity contribution in [3.8, 4) is 0 Å². The first kappa shape index (κ1) is 15.9. The second kappa shape index (κ2) is 6.50. The molecule has 0 radical (unpaired) electrons. The lowest BCUT2D eigenvalue weighted by Gasteiger charge is -2.20. The maximum Gasteiger partial charge on any atom is 0.287 e. The average molecular weight is 310 g/mol. The summed E-state index contributed by atoms with van der Waals surface area (Å²) in [4.78, 5) is 12.4. The molecule has 0 fully saturated rings. The van der Waals surface area contributed by atoms with Crippen molar-refractivity contribution in [3.63, 3.8) is 0 Å². The highest BCUT2D eigenvalue weighted by Gasteiger charge is 2.22. The zero-order valence-corrected chi connectivity index (χ0v) is 13.2. The third kappa shape index (κ3) is 3.22. The molecule has 0 spiro atoms. The fourth-order valence-corrected chi connectivity index (χ4v) is 2.58. The van der Waals surface area contributed by atoms with Gasteiger partial charge >= 0.3 is 0 Å². The number of fused-ring (bicyclic) bond motifs is 1. The Morgan fingerprint density at radius 2 is 2.14 bits per heavy atom. The Morgan fingerprint density at radius 1 is 1.43 bits per heavy atom. The van der Waals surface area contributed by atoms with Crippen LogP contribution in [0.3, 0.4) is 0 Å². The number of aliphatic hydroxyl groups excluding tert-OH is 1. The summed E-state index contributed by atoms with van der Waals surface area (Å²) >= 11 is 6.09. The van der Waals surface area contributed by atoms with Gasteiger partial charge in [0.1, 0.15) is 0 Å². The molecule has 1 atom stereocenters. The van der Waals surface area contributed by atoms with Crippen molar-refractivity contribution in [1.29, 1.82) is 0 Å². The number of carbonyl (C=O) groups is 1. The normalized spacial score (nSPS) is 12.9. The molecule has 1 unspecified atom stereocenters. The minimum atomic E-state index is -0.271. The summed E-state index contributed by atoms with van der Waals surface area (Å²) in [6.45, 7) is 5.88. The van der Waals surface area contributed by atoms with Crippen LogP contribution in [0.4, 0.5) is 0 Å². The van der Waals surface area contributed by atoms with E-state index >= 15 is 0 Å². The van der Waals surface area contributed by atoms with E-state index in [4.69, 9.17) is 21.1 Å². The first-order valence-corrected chi connectivity index (χ1v) is 7.42. The van der Waals surface area contributed by atoms with Crippen molar-refractivity contribution in [3.05, 3.63) is 34.5 Å². The van der Waals surface area contributed by atoms with Gasteiger partial charge in [0.15, 0.2) is 11.3 Å². The summed E-state index contributed by atoms with van der Waals surface area (Å²) in [6, 6.07) is 5.35. The number of amides is 1. The van der Waals surface area contributed by atoms with Gasteiger partial charge in [0, 0.05) is 23.6 Å². The molecule has 114 valence electrons. The van der Waals surface area contributed by atoms with Gasteiger partial charge in [0.2, 0.25) is 0 Å². The van der Waals surface area contributed by atoms with Crippen LogP contribution in [0, 0.1) is 12.8 Å². The fraction of sp³-hybridized carbons (Fsp3) is 0.438. The minimum Gasteiger partial charge on any atom is -0.449 e. The Kier molecular flexibility index (Phi) is 4.91. The molecule has 0 aliphatic carbocycles. The van der Waals surface area contributed by atoms with E-state index in [-0.39, 0.29) is 30.2 Å². The third-order valence-corrected chi connectivity index (χ3v) is 3.98. The number of aliphatic hydroxyl groups is 1. The molecular weight excluding hydrogens is 290 g/mol. The molecule has 2 rings (SSSR count). The molecule has 0 saturated carbocycles. The molecule has 4 nitrogen and oxygen atoms in total. The number of halogens is 1. The van der Waals surface area contributed by atoms with Gasteiger partial charge in [0.25, 0.3) is 5.91 Å². The number of rotatable bonds is 5. The SMILES string of the molecule is Cc1c(C(=O)NC(CCO)C(C)C)oc2c(Cl)cccc12. The quantitative estimate of drug-likeness (QED) is 0.888. The molecule has 0 saturated heterocycles. The van der Waals surface area contributed by atoms with Gasteiger partial charge in [-0.1, -0.05) is 37.6 Å². The zero-order valence-electron chi connectivity index (χ0n) is 12.4. The topological polar surface area (TPSA) is 62.5 Å². The number of hydrogen-bond acceptors (Lipinski definition) is 3. The second-order valence-corrected chi connectivity index (χ2v) is 5.92. The van der Waals surface area contributed by atoms with E-state index < -0.39 is 0 Å². The summed E-state index contributed by atoms with van der Waals surface area (Å²) in [6.07, 6.45) is 0.517.